The fraction of sp³-hybridized carbons (Fsp3) is 0.316. The summed E-state index contributed by atoms with van der Waals surface area (Å²) in [7, 11) is 0. The van der Waals surface area contributed by atoms with Crippen LogP contribution in [0.4, 0.5) is 9.18 Å². The average molecular weight is 385 g/mol. The summed E-state index contributed by atoms with van der Waals surface area (Å²) < 4.78 is 17.1. The van der Waals surface area contributed by atoms with Crippen LogP contribution in [0, 0.1) is 19.7 Å². The van der Waals surface area contributed by atoms with E-state index in [1.807, 2.05) is 0 Å². The Labute approximate surface area is 159 Å². The van der Waals surface area contributed by atoms with Gasteiger partial charge in [-0.05, 0) is 44.0 Å². The minimum atomic E-state index is -1.02. The lowest BCUT2D eigenvalue weighted by Crippen LogP contribution is -2.38. The molecule has 4 rings (SSSR count). The van der Waals surface area contributed by atoms with Crippen LogP contribution in [0.1, 0.15) is 35.3 Å². The van der Waals surface area contributed by atoms with Crippen molar-refractivity contribution in [1.82, 2.24) is 24.2 Å². The first kappa shape index (κ1) is 18.0. The largest absolute Gasteiger partial charge is 0.465 e. The second kappa shape index (κ2) is 6.36. The van der Waals surface area contributed by atoms with Gasteiger partial charge in [-0.15, -0.1) is 0 Å². The number of imidazole rings is 1. The first-order valence-electron chi connectivity index (χ1n) is 8.94. The van der Waals surface area contributed by atoms with Crippen LogP contribution in [0.3, 0.4) is 0 Å². The molecule has 0 fully saturated rings. The number of aryl methyl sites for hydroxylation is 2. The summed E-state index contributed by atoms with van der Waals surface area (Å²) in [6, 6.07) is 2.86. The number of carbonyl (C=O) groups is 1. The van der Waals surface area contributed by atoms with Crippen molar-refractivity contribution in [3.63, 3.8) is 0 Å². The zero-order chi connectivity index (χ0) is 20.2. The molecule has 3 aromatic rings. The van der Waals surface area contributed by atoms with Crippen molar-refractivity contribution in [1.29, 1.82) is 0 Å². The van der Waals surface area contributed by atoms with Gasteiger partial charge in [0.15, 0.2) is 0 Å². The number of hydrogen-bond donors (Lipinski definition) is 2. The fourth-order valence-electron chi connectivity index (χ4n) is 3.86. The topological polar surface area (TPSA) is 96.2 Å². The number of carboxylic acid groups (broad SMARTS) is 1. The van der Waals surface area contributed by atoms with E-state index in [2.05, 4.69) is 10.1 Å². The Kier molecular flexibility index (Phi) is 4.10. The number of nitrogens with zero attached hydrogens (tertiary/aromatic N) is 4. The number of rotatable bonds is 2. The van der Waals surface area contributed by atoms with Gasteiger partial charge >= 0.3 is 11.8 Å². The second-order valence-corrected chi connectivity index (χ2v) is 7.03. The highest BCUT2D eigenvalue weighted by Crippen LogP contribution is 2.35. The SMILES string of the molecule is Cc1cc(-n2nc3c(c2-n2cc[nH]c2=O)C(C)N(C(=O)O)CC3)cc(C)c1F. The van der Waals surface area contributed by atoms with Crippen LogP contribution in [0.25, 0.3) is 11.5 Å². The van der Waals surface area contributed by atoms with E-state index < -0.39 is 12.1 Å². The predicted octanol–water partition coefficient (Wildman–Crippen LogP) is 2.70. The third-order valence-electron chi connectivity index (χ3n) is 5.24. The lowest BCUT2D eigenvalue weighted by atomic mass is 10.00. The summed E-state index contributed by atoms with van der Waals surface area (Å²) in [5.74, 6) is 0.177. The number of aromatic amines is 1. The molecule has 2 N–H and O–H groups in total. The highest BCUT2D eigenvalue weighted by molar-refractivity contribution is 5.67. The predicted molar refractivity (Wildman–Crippen MR) is 99.8 cm³/mol. The zero-order valence-corrected chi connectivity index (χ0v) is 15.7. The molecule has 0 spiro atoms. The maximum atomic E-state index is 14.1. The summed E-state index contributed by atoms with van der Waals surface area (Å²) in [5.41, 5.74) is 2.59. The standard InChI is InChI=1S/C19H20FN5O3/c1-10-8-13(9-11(2)16(10)20)25-17(24-7-5-21-18(24)26)15-12(3)23(19(27)28)6-4-14(15)22-25/h5,7-9,12H,4,6H2,1-3H3,(H,21,26)(H,27,28). The summed E-state index contributed by atoms with van der Waals surface area (Å²) in [6.45, 7) is 5.45. The molecule has 146 valence electrons. The van der Waals surface area contributed by atoms with E-state index in [9.17, 15) is 19.1 Å². The van der Waals surface area contributed by atoms with Crippen molar-refractivity contribution in [2.24, 2.45) is 0 Å². The monoisotopic (exact) mass is 385 g/mol. The minimum Gasteiger partial charge on any atom is -0.465 e. The van der Waals surface area contributed by atoms with E-state index >= 15 is 0 Å². The average Bonchev–Trinajstić information content (AvgIpc) is 3.22. The summed E-state index contributed by atoms with van der Waals surface area (Å²) in [4.78, 5) is 27.9. The van der Waals surface area contributed by atoms with Crippen molar-refractivity contribution in [3.8, 4) is 11.5 Å². The van der Waals surface area contributed by atoms with Gasteiger partial charge in [0.2, 0.25) is 0 Å². The molecule has 2 aromatic heterocycles. The van der Waals surface area contributed by atoms with Crippen molar-refractivity contribution < 1.29 is 14.3 Å². The molecule has 0 saturated heterocycles. The van der Waals surface area contributed by atoms with Gasteiger partial charge in [-0.2, -0.15) is 5.10 Å². The molecule has 1 aliphatic rings. The van der Waals surface area contributed by atoms with Crippen LogP contribution in [-0.4, -0.2) is 42.0 Å². The maximum Gasteiger partial charge on any atom is 0.407 e. The molecule has 0 bridgehead atoms. The molecule has 1 aromatic carbocycles. The molecule has 3 heterocycles. The Bertz CT molecular complexity index is 1120. The van der Waals surface area contributed by atoms with E-state index in [1.54, 1.807) is 43.8 Å². The highest BCUT2D eigenvalue weighted by atomic mass is 19.1. The number of fused-ring (bicyclic) bond motifs is 1. The molecular weight excluding hydrogens is 365 g/mol. The molecule has 9 heteroatoms. The molecule has 0 radical (unpaired) electrons. The zero-order valence-electron chi connectivity index (χ0n) is 15.7. The number of halogens is 1. The Balaban J connectivity index is 2.02. The van der Waals surface area contributed by atoms with Gasteiger partial charge in [-0.1, -0.05) is 0 Å². The van der Waals surface area contributed by atoms with Gasteiger partial charge in [-0.3, -0.25) is 4.57 Å². The van der Waals surface area contributed by atoms with Crippen LogP contribution in [0.15, 0.2) is 29.3 Å². The summed E-state index contributed by atoms with van der Waals surface area (Å²) in [6.07, 6.45) is 2.50. The summed E-state index contributed by atoms with van der Waals surface area (Å²) >= 11 is 0. The number of amides is 1. The first-order chi connectivity index (χ1) is 13.3. The Morgan fingerprint density at radius 1 is 1.32 bits per heavy atom. The molecule has 1 unspecified atom stereocenters. The number of nitrogens with one attached hydrogen (secondary N) is 1. The molecule has 1 atom stereocenters. The van der Waals surface area contributed by atoms with E-state index in [-0.39, 0.29) is 11.5 Å². The quantitative estimate of drug-likeness (QED) is 0.709. The lowest BCUT2D eigenvalue weighted by molar-refractivity contribution is 0.124. The molecule has 0 aliphatic carbocycles. The minimum absolute atomic E-state index is 0.286. The van der Waals surface area contributed by atoms with Crippen molar-refractivity contribution in [2.45, 2.75) is 33.2 Å². The highest BCUT2D eigenvalue weighted by Gasteiger charge is 2.34. The second-order valence-electron chi connectivity index (χ2n) is 7.03. The third-order valence-corrected chi connectivity index (χ3v) is 5.24. The number of H-pyrrole nitrogens is 1. The van der Waals surface area contributed by atoms with Gasteiger partial charge in [0, 0.05) is 30.9 Å². The van der Waals surface area contributed by atoms with E-state index in [4.69, 9.17) is 0 Å². The van der Waals surface area contributed by atoms with Gasteiger partial charge in [0.1, 0.15) is 11.6 Å². The van der Waals surface area contributed by atoms with Gasteiger partial charge in [0.05, 0.1) is 17.4 Å². The van der Waals surface area contributed by atoms with E-state index in [1.165, 1.54) is 15.7 Å². The summed E-state index contributed by atoms with van der Waals surface area (Å²) in [5, 5.41) is 14.2. The van der Waals surface area contributed by atoms with Crippen molar-refractivity contribution in [3.05, 3.63) is 63.2 Å². The first-order valence-corrected chi connectivity index (χ1v) is 8.94. The molecule has 1 amide bonds. The third kappa shape index (κ3) is 2.62. The van der Waals surface area contributed by atoms with Crippen LogP contribution in [0.2, 0.25) is 0 Å². The molecule has 8 nitrogen and oxygen atoms in total. The van der Waals surface area contributed by atoms with Crippen LogP contribution in [0.5, 0.6) is 0 Å². The Morgan fingerprint density at radius 2 is 2.00 bits per heavy atom. The lowest BCUT2D eigenvalue weighted by Gasteiger charge is -2.31. The van der Waals surface area contributed by atoms with Gasteiger partial charge in [-0.25, -0.2) is 18.7 Å². The van der Waals surface area contributed by atoms with Crippen LogP contribution >= 0.6 is 0 Å². The molecular formula is C19H20FN5O3. The molecule has 28 heavy (non-hydrogen) atoms. The van der Waals surface area contributed by atoms with E-state index in [0.29, 0.717) is 41.2 Å². The number of benzene rings is 1. The normalized spacial score (nSPS) is 16.3. The Hall–Kier alpha value is -3.36. The number of aromatic nitrogens is 4. The maximum absolute atomic E-state index is 14.1. The van der Waals surface area contributed by atoms with Crippen LogP contribution < -0.4 is 5.69 Å². The van der Waals surface area contributed by atoms with Crippen molar-refractivity contribution in [2.75, 3.05) is 6.54 Å². The molecule has 0 saturated carbocycles. The molecule has 1 aliphatic heterocycles. The van der Waals surface area contributed by atoms with Crippen molar-refractivity contribution >= 4 is 6.09 Å². The smallest absolute Gasteiger partial charge is 0.407 e. The van der Waals surface area contributed by atoms with Crippen LogP contribution in [-0.2, 0) is 6.42 Å². The Morgan fingerprint density at radius 3 is 2.57 bits per heavy atom. The van der Waals surface area contributed by atoms with Gasteiger partial charge in [0.25, 0.3) is 0 Å². The fourth-order valence-corrected chi connectivity index (χ4v) is 3.86. The van der Waals surface area contributed by atoms with E-state index in [0.717, 1.165) is 5.69 Å². The van der Waals surface area contributed by atoms with Gasteiger partial charge < -0.3 is 15.0 Å². The number of hydrogen-bond acceptors (Lipinski definition) is 3.